The number of nitrogens with one attached hydrogen (secondary N) is 1. The normalized spacial score (nSPS) is 11.9. The number of carbonyl (C=O) groups excluding carboxylic acids is 1. The van der Waals surface area contributed by atoms with Crippen LogP contribution in [0, 0.1) is 0 Å². The van der Waals surface area contributed by atoms with Gasteiger partial charge in [-0.3, -0.25) is 9.48 Å². The summed E-state index contributed by atoms with van der Waals surface area (Å²) < 4.78 is 1.72. The molecule has 2 rings (SSSR count). The summed E-state index contributed by atoms with van der Waals surface area (Å²) in [6.07, 6.45) is 1.86. The molecule has 0 fully saturated rings. The van der Waals surface area contributed by atoms with E-state index in [9.17, 15) is 4.79 Å². The molecule has 1 amide bonds. The molecule has 0 spiro atoms. The summed E-state index contributed by atoms with van der Waals surface area (Å²) >= 11 is 0. The van der Waals surface area contributed by atoms with Crippen molar-refractivity contribution in [3.05, 3.63) is 48.2 Å². The highest BCUT2D eigenvalue weighted by atomic mass is 16.2. The van der Waals surface area contributed by atoms with E-state index in [1.807, 2.05) is 68.5 Å². The molecule has 1 atom stereocenters. The Morgan fingerprint density at radius 1 is 1.35 bits per heavy atom. The van der Waals surface area contributed by atoms with Crippen LogP contribution in [0.2, 0.25) is 0 Å². The third-order valence-electron chi connectivity index (χ3n) is 3.33. The number of anilines is 1. The van der Waals surface area contributed by atoms with Crippen molar-refractivity contribution < 1.29 is 4.79 Å². The molecule has 1 aromatic carbocycles. The second-order valence-corrected chi connectivity index (χ2v) is 4.84. The van der Waals surface area contributed by atoms with E-state index in [4.69, 9.17) is 0 Å². The number of aromatic nitrogens is 2. The molecule has 0 saturated carbocycles. The molecule has 5 heteroatoms. The molecule has 1 unspecified atom stereocenters. The van der Waals surface area contributed by atoms with Crippen LogP contribution in [0.15, 0.2) is 42.6 Å². The van der Waals surface area contributed by atoms with Crippen LogP contribution in [0.4, 0.5) is 5.82 Å². The van der Waals surface area contributed by atoms with E-state index in [2.05, 4.69) is 10.4 Å². The van der Waals surface area contributed by atoms with Crippen LogP contribution >= 0.6 is 0 Å². The van der Waals surface area contributed by atoms with Gasteiger partial charge in [-0.05, 0) is 12.5 Å². The van der Waals surface area contributed by atoms with Gasteiger partial charge in [0.05, 0.1) is 0 Å². The van der Waals surface area contributed by atoms with Crippen molar-refractivity contribution in [1.29, 1.82) is 0 Å². The molecular formula is C15H20N4O. The maximum absolute atomic E-state index is 12.2. The molecule has 5 nitrogen and oxygen atoms in total. The van der Waals surface area contributed by atoms with Gasteiger partial charge < -0.3 is 10.2 Å². The first-order chi connectivity index (χ1) is 9.58. The van der Waals surface area contributed by atoms with Gasteiger partial charge >= 0.3 is 0 Å². The molecule has 0 bridgehead atoms. The number of carbonyl (C=O) groups is 1. The number of hydrogen-bond acceptors (Lipinski definition) is 3. The largest absolute Gasteiger partial charge is 0.350 e. The first kappa shape index (κ1) is 14.1. The topological polar surface area (TPSA) is 50.2 Å². The fraction of sp³-hybridized carbons (Fsp3) is 0.333. The van der Waals surface area contributed by atoms with Crippen molar-refractivity contribution in [3.8, 4) is 0 Å². The summed E-state index contributed by atoms with van der Waals surface area (Å²) in [7, 11) is 3.73. The summed E-state index contributed by atoms with van der Waals surface area (Å²) in [6, 6.07) is 11.5. The monoisotopic (exact) mass is 272 g/mol. The van der Waals surface area contributed by atoms with Gasteiger partial charge in [0.1, 0.15) is 6.04 Å². The average molecular weight is 272 g/mol. The van der Waals surface area contributed by atoms with Gasteiger partial charge in [0.15, 0.2) is 5.82 Å². The molecular weight excluding hydrogens is 252 g/mol. The van der Waals surface area contributed by atoms with Crippen LogP contribution in [-0.4, -0.2) is 28.8 Å². The molecule has 20 heavy (non-hydrogen) atoms. The lowest BCUT2D eigenvalue weighted by atomic mass is 10.2. The minimum Gasteiger partial charge on any atom is -0.350 e. The first-order valence-electron chi connectivity index (χ1n) is 6.62. The van der Waals surface area contributed by atoms with E-state index in [-0.39, 0.29) is 11.9 Å². The van der Waals surface area contributed by atoms with Gasteiger partial charge in [-0.2, -0.15) is 5.10 Å². The van der Waals surface area contributed by atoms with Gasteiger partial charge in [-0.15, -0.1) is 0 Å². The lowest BCUT2D eigenvalue weighted by molar-refractivity contribution is -0.122. The summed E-state index contributed by atoms with van der Waals surface area (Å²) in [6.45, 7) is 2.41. The number of nitrogens with zero attached hydrogens (tertiary/aromatic N) is 3. The Hall–Kier alpha value is -2.30. The Bertz CT molecular complexity index is 564. The predicted molar refractivity (Wildman–Crippen MR) is 79.4 cm³/mol. The lowest BCUT2D eigenvalue weighted by Crippen LogP contribution is -2.43. The van der Waals surface area contributed by atoms with Gasteiger partial charge in [0.2, 0.25) is 5.91 Å². The summed E-state index contributed by atoms with van der Waals surface area (Å²) in [5, 5.41) is 7.24. The molecule has 106 valence electrons. The zero-order valence-corrected chi connectivity index (χ0v) is 12.1. The minimum absolute atomic E-state index is 0.0120. The van der Waals surface area contributed by atoms with Crippen LogP contribution < -0.4 is 10.2 Å². The Morgan fingerprint density at radius 2 is 2.05 bits per heavy atom. The van der Waals surface area contributed by atoms with Crippen molar-refractivity contribution in [3.63, 3.8) is 0 Å². The van der Waals surface area contributed by atoms with E-state index in [1.165, 1.54) is 0 Å². The Balaban J connectivity index is 1.91. The molecule has 1 heterocycles. The van der Waals surface area contributed by atoms with Gasteiger partial charge in [-0.1, -0.05) is 30.3 Å². The van der Waals surface area contributed by atoms with E-state index >= 15 is 0 Å². The predicted octanol–water partition coefficient (Wildman–Crippen LogP) is 1.56. The second-order valence-electron chi connectivity index (χ2n) is 4.84. The maximum Gasteiger partial charge on any atom is 0.242 e. The third-order valence-corrected chi connectivity index (χ3v) is 3.33. The molecule has 0 radical (unpaired) electrons. The summed E-state index contributed by atoms with van der Waals surface area (Å²) in [5.74, 6) is 0.775. The number of rotatable bonds is 5. The standard InChI is InChI=1S/C15H20N4O/c1-12(19(3)14-9-10-18(2)17-14)15(20)16-11-13-7-5-4-6-8-13/h4-10,12H,11H2,1-3H3,(H,16,20). The minimum atomic E-state index is -0.270. The zero-order valence-electron chi connectivity index (χ0n) is 12.1. The molecule has 0 saturated heterocycles. The van der Waals surface area contributed by atoms with Crippen molar-refractivity contribution in [2.24, 2.45) is 7.05 Å². The molecule has 2 aromatic rings. The molecule has 0 aliphatic rings. The Labute approximate surface area is 119 Å². The van der Waals surface area contributed by atoms with E-state index in [0.29, 0.717) is 6.54 Å². The van der Waals surface area contributed by atoms with Crippen molar-refractivity contribution >= 4 is 11.7 Å². The summed E-state index contributed by atoms with van der Waals surface area (Å²) in [5.41, 5.74) is 1.09. The molecule has 0 aliphatic carbocycles. The second kappa shape index (κ2) is 6.23. The van der Waals surface area contributed by atoms with Crippen LogP contribution in [0.3, 0.4) is 0 Å². The number of amides is 1. The highest BCUT2D eigenvalue weighted by molar-refractivity contribution is 5.84. The van der Waals surface area contributed by atoms with Gasteiger partial charge in [0, 0.05) is 32.9 Å². The van der Waals surface area contributed by atoms with Crippen LogP contribution in [0.25, 0.3) is 0 Å². The fourth-order valence-corrected chi connectivity index (χ4v) is 1.90. The Kier molecular flexibility index (Phi) is 4.40. The first-order valence-corrected chi connectivity index (χ1v) is 6.62. The molecule has 1 aromatic heterocycles. The summed E-state index contributed by atoms with van der Waals surface area (Å²) in [4.78, 5) is 14.0. The van der Waals surface area contributed by atoms with Crippen molar-refractivity contribution in [1.82, 2.24) is 15.1 Å². The van der Waals surface area contributed by atoms with E-state index in [1.54, 1.807) is 4.68 Å². The van der Waals surface area contributed by atoms with E-state index < -0.39 is 0 Å². The fourth-order valence-electron chi connectivity index (χ4n) is 1.90. The highest BCUT2D eigenvalue weighted by Crippen LogP contribution is 2.11. The molecule has 1 N–H and O–H groups in total. The number of aryl methyl sites for hydroxylation is 1. The van der Waals surface area contributed by atoms with Crippen LogP contribution in [-0.2, 0) is 18.4 Å². The van der Waals surface area contributed by atoms with E-state index in [0.717, 1.165) is 11.4 Å². The highest BCUT2D eigenvalue weighted by Gasteiger charge is 2.19. The Morgan fingerprint density at radius 3 is 2.65 bits per heavy atom. The number of likely N-dealkylation sites (N-methyl/N-ethyl adjacent to an activating group) is 1. The number of hydrogen-bond donors (Lipinski definition) is 1. The van der Waals surface area contributed by atoms with Gasteiger partial charge in [0.25, 0.3) is 0 Å². The SMILES string of the molecule is CC(C(=O)NCc1ccccc1)N(C)c1ccn(C)n1. The quantitative estimate of drug-likeness (QED) is 0.898. The average Bonchev–Trinajstić information content (AvgIpc) is 2.91. The van der Waals surface area contributed by atoms with Gasteiger partial charge in [-0.25, -0.2) is 0 Å². The zero-order chi connectivity index (χ0) is 14.5. The van der Waals surface area contributed by atoms with Crippen molar-refractivity contribution in [2.75, 3.05) is 11.9 Å². The van der Waals surface area contributed by atoms with Crippen LogP contribution in [0.1, 0.15) is 12.5 Å². The lowest BCUT2D eigenvalue weighted by Gasteiger charge is -2.23. The third kappa shape index (κ3) is 3.38. The molecule has 0 aliphatic heterocycles. The van der Waals surface area contributed by atoms with Crippen molar-refractivity contribution in [2.45, 2.75) is 19.5 Å². The maximum atomic E-state index is 12.2. The van der Waals surface area contributed by atoms with Crippen LogP contribution in [0.5, 0.6) is 0 Å². The number of benzene rings is 1. The smallest absolute Gasteiger partial charge is 0.242 e.